The molecule has 0 unspecified atom stereocenters. The zero-order chi connectivity index (χ0) is 13.8. The average Bonchev–Trinajstić information content (AvgIpc) is 2.46. The van der Waals surface area contributed by atoms with E-state index in [-0.39, 0.29) is 5.60 Å². The fourth-order valence-corrected chi connectivity index (χ4v) is 2.38. The van der Waals surface area contributed by atoms with Crippen molar-refractivity contribution >= 4 is 0 Å². The number of methoxy groups -OCH3 is 1. The summed E-state index contributed by atoms with van der Waals surface area (Å²) in [5.41, 5.74) is 5.76. The highest BCUT2D eigenvalue weighted by Crippen LogP contribution is 2.30. The Morgan fingerprint density at radius 2 is 1.42 bits per heavy atom. The molecule has 0 amide bonds. The Kier molecular flexibility index (Phi) is 9.38. The molecule has 0 bridgehead atoms. The zero-order valence-corrected chi connectivity index (χ0v) is 12.2. The lowest BCUT2D eigenvalue weighted by molar-refractivity contribution is -0.0852. The monoisotopic (exact) mass is 275 g/mol. The molecule has 5 heteroatoms. The highest BCUT2D eigenvalue weighted by Gasteiger charge is 2.31. The lowest BCUT2D eigenvalue weighted by atomic mass is 9.85. The number of nitrogens with two attached hydrogens (primary N) is 1. The topological polar surface area (TPSA) is 62.9 Å². The lowest BCUT2D eigenvalue weighted by Gasteiger charge is -2.36. The van der Waals surface area contributed by atoms with Crippen LogP contribution in [0.3, 0.4) is 0 Å². The van der Waals surface area contributed by atoms with E-state index in [0.29, 0.717) is 46.2 Å². The molecule has 1 saturated carbocycles. The summed E-state index contributed by atoms with van der Waals surface area (Å²) in [5, 5.41) is 0. The number of hydrogen-bond acceptors (Lipinski definition) is 5. The van der Waals surface area contributed by atoms with E-state index in [0.717, 1.165) is 12.8 Å². The highest BCUT2D eigenvalue weighted by atomic mass is 16.6. The fourth-order valence-electron chi connectivity index (χ4n) is 2.38. The molecule has 5 nitrogen and oxygen atoms in total. The summed E-state index contributed by atoms with van der Waals surface area (Å²) in [6.07, 6.45) is 5.93. The Balaban J connectivity index is 1.94. The fraction of sp³-hybridized carbons (Fsp3) is 1.00. The van der Waals surface area contributed by atoms with Gasteiger partial charge < -0.3 is 24.7 Å². The van der Waals surface area contributed by atoms with Crippen LogP contribution in [0.15, 0.2) is 0 Å². The molecule has 1 rings (SSSR count). The maximum Gasteiger partial charge on any atom is 0.0805 e. The van der Waals surface area contributed by atoms with Crippen LogP contribution in [0.5, 0.6) is 0 Å². The lowest BCUT2D eigenvalue weighted by Crippen LogP contribution is -2.43. The van der Waals surface area contributed by atoms with Crippen LogP contribution in [0.4, 0.5) is 0 Å². The van der Waals surface area contributed by atoms with Gasteiger partial charge >= 0.3 is 0 Å². The standard InChI is InChI=1S/C14H29NO4/c1-16-7-8-17-9-10-18-11-12-19-14(13-15)5-3-2-4-6-14/h2-13,15H2,1H3. The highest BCUT2D eigenvalue weighted by molar-refractivity contribution is 4.85. The van der Waals surface area contributed by atoms with Crippen LogP contribution < -0.4 is 5.73 Å². The first-order chi connectivity index (χ1) is 9.33. The Bertz CT molecular complexity index is 208. The van der Waals surface area contributed by atoms with Crippen LogP contribution in [0.25, 0.3) is 0 Å². The second-order valence-electron chi connectivity index (χ2n) is 5.01. The molecule has 0 aromatic carbocycles. The van der Waals surface area contributed by atoms with Gasteiger partial charge in [0.2, 0.25) is 0 Å². The van der Waals surface area contributed by atoms with Gasteiger partial charge in [0.25, 0.3) is 0 Å². The van der Waals surface area contributed by atoms with Crippen molar-refractivity contribution in [1.29, 1.82) is 0 Å². The molecule has 0 atom stereocenters. The molecule has 0 spiro atoms. The van der Waals surface area contributed by atoms with Gasteiger partial charge in [-0.3, -0.25) is 0 Å². The first-order valence-electron chi connectivity index (χ1n) is 7.31. The molecule has 0 saturated heterocycles. The third-order valence-electron chi connectivity index (χ3n) is 3.58. The van der Waals surface area contributed by atoms with Crippen molar-refractivity contribution in [2.75, 3.05) is 53.3 Å². The summed E-state index contributed by atoms with van der Waals surface area (Å²) >= 11 is 0. The Hall–Kier alpha value is -0.200. The van der Waals surface area contributed by atoms with E-state index >= 15 is 0 Å². The van der Waals surface area contributed by atoms with E-state index in [9.17, 15) is 0 Å². The molecule has 0 aromatic rings. The average molecular weight is 275 g/mol. The number of hydrogen-bond donors (Lipinski definition) is 1. The van der Waals surface area contributed by atoms with Gasteiger partial charge in [0.1, 0.15) is 0 Å². The summed E-state index contributed by atoms with van der Waals surface area (Å²) in [6.45, 7) is 4.29. The Morgan fingerprint density at radius 1 is 0.842 bits per heavy atom. The molecular weight excluding hydrogens is 246 g/mol. The third-order valence-corrected chi connectivity index (χ3v) is 3.58. The van der Waals surface area contributed by atoms with Crippen molar-refractivity contribution in [3.8, 4) is 0 Å². The quantitative estimate of drug-likeness (QED) is 0.577. The van der Waals surface area contributed by atoms with E-state index in [1.54, 1.807) is 7.11 Å². The van der Waals surface area contributed by atoms with Gasteiger partial charge in [0.05, 0.1) is 45.2 Å². The third kappa shape index (κ3) is 7.22. The van der Waals surface area contributed by atoms with Crippen molar-refractivity contribution in [3.05, 3.63) is 0 Å². The van der Waals surface area contributed by atoms with Crippen molar-refractivity contribution in [2.24, 2.45) is 5.73 Å². The summed E-state index contributed by atoms with van der Waals surface area (Å²) in [4.78, 5) is 0. The predicted octanol–water partition coefficient (Wildman–Crippen LogP) is 1.34. The van der Waals surface area contributed by atoms with Gasteiger partial charge in [-0.1, -0.05) is 19.3 Å². The van der Waals surface area contributed by atoms with E-state index in [4.69, 9.17) is 24.7 Å². The van der Waals surface area contributed by atoms with Crippen molar-refractivity contribution in [2.45, 2.75) is 37.7 Å². The minimum Gasteiger partial charge on any atom is -0.382 e. The van der Waals surface area contributed by atoms with Gasteiger partial charge in [-0.25, -0.2) is 0 Å². The number of rotatable bonds is 11. The second-order valence-corrected chi connectivity index (χ2v) is 5.01. The van der Waals surface area contributed by atoms with Gasteiger partial charge in [0.15, 0.2) is 0 Å². The molecule has 0 aliphatic heterocycles. The van der Waals surface area contributed by atoms with E-state index in [1.165, 1.54) is 19.3 Å². The second kappa shape index (κ2) is 10.6. The number of ether oxygens (including phenoxy) is 4. The van der Waals surface area contributed by atoms with Crippen LogP contribution >= 0.6 is 0 Å². The normalized spacial score (nSPS) is 18.6. The van der Waals surface area contributed by atoms with Crippen LogP contribution in [-0.2, 0) is 18.9 Å². The minimum absolute atomic E-state index is 0.0867. The molecule has 1 fully saturated rings. The zero-order valence-electron chi connectivity index (χ0n) is 12.2. The van der Waals surface area contributed by atoms with Gasteiger partial charge in [0, 0.05) is 13.7 Å². The first-order valence-corrected chi connectivity index (χ1v) is 7.31. The molecule has 0 heterocycles. The first kappa shape index (κ1) is 16.9. The summed E-state index contributed by atoms with van der Waals surface area (Å²) < 4.78 is 21.6. The predicted molar refractivity (Wildman–Crippen MR) is 74.3 cm³/mol. The van der Waals surface area contributed by atoms with Crippen molar-refractivity contribution in [1.82, 2.24) is 0 Å². The van der Waals surface area contributed by atoms with Gasteiger partial charge in [-0.15, -0.1) is 0 Å². The Labute approximate surface area is 116 Å². The molecule has 0 aromatic heterocycles. The van der Waals surface area contributed by atoms with Crippen molar-refractivity contribution < 1.29 is 18.9 Å². The van der Waals surface area contributed by atoms with Crippen LogP contribution in [-0.4, -0.2) is 58.9 Å². The SMILES string of the molecule is COCCOCCOCCOC1(CN)CCCCC1. The summed E-state index contributed by atoms with van der Waals surface area (Å²) in [6, 6.07) is 0. The van der Waals surface area contributed by atoms with E-state index < -0.39 is 0 Å². The van der Waals surface area contributed by atoms with Crippen LogP contribution in [0.1, 0.15) is 32.1 Å². The van der Waals surface area contributed by atoms with E-state index in [1.807, 2.05) is 0 Å². The maximum atomic E-state index is 5.95. The van der Waals surface area contributed by atoms with Gasteiger partial charge in [-0.05, 0) is 12.8 Å². The molecule has 2 N–H and O–H groups in total. The molecule has 114 valence electrons. The smallest absolute Gasteiger partial charge is 0.0805 e. The van der Waals surface area contributed by atoms with Crippen LogP contribution in [0, 0.1) is 0 Å². The molecule has 19 heavy (non-hydrogen) atoms. The van der Waals surface area contributed by atoms with Crippen molar-refractivity contribution in [3.63, 3.8) is 0 Å². The van der Waals surface area contributed by atoms with Crippen LogP contribution in [0.2, 0.25) is 0 Å². The minimum atomic E-state index is -0.0867. The largest absolute Gasteiger partial charge is 0.382 e. The molecule has 1 aliphatic carbocycles. The molecular formula is C14H29NO4. The summed E-state index contributed by atoms with van der Waals surface area (Å²) in [5.74, 6) is 0. The Morgan fingerprint density at radius 3 is 2.00 bits per heavy atom. The maximum absolute atomic E-state index is 5.95. The van der Waals surface area contributed by atoms with E-state index in [2.05, 4.69) is 0 Å². The summed E-state index contributed by atoms with van der Waals surface area (Å²) in [7, 11) is 1.66. The molecule has 0 radical (unpaired) electrons. The van der Waals surface area contributed by atoms with Gasteiger partial charge in [-0.2, -0.15) is 0 Å². The molecule has 1 aliphatic rings.